The number of furan rings is 1. The van der Waals surface area contributed by atoms with E-state index in [1.807, 2.05) is 18.2 Å². The third-order valence-electron chi connectivity index (χ3n) is 3.54. The number of nitrogens with zero attached hydrogens (tertiary/aromatic N) is 1. The second-order valence-electron chi connectivity index (χ2n) is 4.93. The van der Waals surface area contributed by atoms with Gasteiger partial charge in [-0.1, -0.05) is 30.3 Å². The van der Waals surface area contributed by atoms with Gasteiger partial charge >= 0.3 is 0 Å². The second-order valence-corrected chi connectivity index (χ2v) is 4.93. The molecular formula is C19H15NO. The Morgan fingerprint density at radius 2 is 1.86 bits per heavy atom. The van der Waals surface area contributed by atoms with E-state index in [0.717, 1.165) is 16.3 Å². The summed E-state index contributed by atoms with van der Waals surface area (Å²) >= 11 is 0. The zero-order chi connectivity index (χ0) is 19.4. The van der Waals surface area contributed by atoms with Gasteiger partial charge in [-0.25, -0.2) is 0 Å². The summed E-state index contributed by atoms with van der Waals surface area (Å²) in [6, 6.07) is 13.7. The van der Waals surface area contributed by atoms with E-state index < -0.39 is 13.7 Å². The summed E-state index contributed by atoms with van der Waals surface area (Å²) in [6.45, 7) is -4.41. The van der Waals surface area contributed by atoms with E-state index in [1.165, 1.54) is 18.3 Å². The zero-order valence-electron chi connectivity index (χ0n) is 17.1. The van der Waals surface area contributed by atoms with E-state index in [4.69, 9.17) is 12.6 Å². The number of rotatable bonds is 1. The van der Waals surface area contributed by atoms with Crippen molar-refractivity contribution in [2.45, 2.75) is 13.7 Å². The lowest BCUT2D eigenvalue weighted by molar-refractivity contribution is 0.669. The number of pyridine rings is 1. The highest BCUT2D eigenvalue weighted by Gasteiger charge is 2.12. The molecular weight excluding hydrogens is 258 g/mol. The van der Waals surface area contributed by atoms with Crippen molar-refractivity contribution in [3.8, 4) is 11.3 Å². The van der Waals surface area contributed by atoms with Crippen molar-refractivity contribution in [2.24, 2.45) is 0 Å². The molecule has 0 amide bonds. The Kier molecular flexibility index (Phi) is 1.57. The maximum atomic E-state index is 7.57. The molecule has 0 fully saturated rings. The average Bonchev–Trinajstić information content (AvgIpc) is 2.98. The molecule has 0 spiro atoms. The normalized spacial score (nSPS) is 16.8. The van der Waals surface area contributed by atoms with Crippen molar-refractivity contribution < 1.29 is 12.6 Å². The first-order chi connectivity index (χ1) is 12.6. The molecule has 0 saturated heterocycles. The summed E-state index contributed by atoms with van der Waals surface area (Å²) in [5.41, 5.74) is 2.77. The number of aryl methyl sites for hydroxylation is 2. The molecule has 2 heteroatoms. The molecule has 2 nitrogen and oxygen atoms in total. The van der Waals surface area contributed by atoms with Crippen molar-refractivity contribution in [2.75, 3.05) is 0 Å². The third-order valence-corrected chi connectivity index (χ3v) is 3.54. The summed E-state index contributed by atoms with van der Waals surface area (Å²) in [5, 5.41) is 1.67. The third kappa shape index (κ3) is 1.91. The van der Waals surface area contributed by atoms with Crippen LogP contribution in [-0.2, 0) is 0 Å². The highest BCUT2D eigenvalue weighted by atomic mass is 16.3. The molecule has 0 unspecified atom stereocenters. The van der Waals surface area contributed by atoms with Crippen LogP contribution in [0.1, 0.15) is 19.4 Å². The van der Waals surface area contributed by atoms with Gasteiger partial charge in [0.15, 0.2) is 0 Å². The van der Waals surface area contributed by atoms with Crippen LogP contribution in [0.15, 0.2) is 59.1 Å². The van der Waals surface area contributed by atoms with Gasteiger partial charge in [0.25, 0.3) is 0 Å². The van der Waals surface area contributed by atoms with Crippen LogP contribution in [0.2, 0.25) is 0 Å². The Bertz CT molecular complexity index is 1140. The Labute approximate surface area is 131 Å². The number of aromatic nitrogens is 1. The Morgan fingerprint density at radius 3 is 2.67 bits per heavy atom. The van der Waals surface area contributed by atoms with Crippen LogP contribution in [-0.4, -0.2) is 4.98 Å². The van der Waals surface area contributed by atoms with Gasteiger partial charge in [-0.05, 0) is 43.0 Å². The van der Waals surface area contributed by atoms with Crippen LogP contribution in [0.25, 0.3) is 33.2 Å². The van der Waals surface area contributed by atoms with Gasteiger partial charge < -0.3 is 4.42 Å². The monoisotopic (exact) mass is 279 g/mol. The molecule has 4 rings (SSSR count). The number of hydrogen-bond donors (Lipinski definition) is 0. The summed E-state index contributed by atoms with van der Waals surface area (Å²) in [7, 11) is 0. The molecule has 0 radical (unpaired) electrons. The first kappa shape index (κ1) is 7.41. The van der Waals surface area contributed by atoms with Crippen LogP contribution in [0, 0.1) is 13.7 Å². The summed E-state index contributed by atoms with van der Waals surface area (Å²) in [4.78, 5) is 4.28. The zero-order valence-corrected chi connectivity index (χ0v) is 11.1. The minimum Gasteiger partial charge on any atom is -0.455 e. The summed E-state index contributed by atoms with van der Waals surface area (Å²) in [5.74, 6) is 0. The number of hydrogen-bond acceptors (Lipinski definition) is 2. The molecule has 0 aliphatic rings. The van der Waals surface area contributed by atoms with Crippen molar-refractivity contribution in [1.82, 2.24) is 4.98 Å². The summed E-state index contributed by atoms with van der Waals surface area (Å²) in [6.07, 6.45) is 1.34. The SMILES string of the molecule is [2H]C([2H])([2H])c1ccc(-c2cccc3c2oc2cc(C([2H])([2H])[2H])ccc23)nc1. The molecule has 0 bridgehead atoms. The van der Waals surface area contributed by atoms with E-state index in [0.29, 0.717) is 16.9 Å². The molecule has 0 aliphatic carbocycles. The lowest BCUT2D eigenvalue weighted by Gasteiger charge is -2.02. The molecule has 21 heavy (non-hydrogen) atoms. The fourth-order valence-electron chi connectivity index (χ4n) is 2.55. The second kappa shape index (κ2) is 4.45. The smallest absolute Gasteiger partial charge is 0.144 e. The van der Waals surface area contributed by atoms with Gasteiger partial charge in [0, 0.05) is 30.8 Å². The van der Waals surface area contributed by atoms with Crippen molar-refractivity contribution in [3.05, 3.63) is 65.9 Å². The highest BCUT2D eigenvalue weighted by molar-refractivity contribution is 6.09. The van der Waals surface area contributed by atoms with Gasteiger partial charge in [-0.15, -0.1) is 0 Å². The van der Waals surface area contributed by atoms with E-state index in [2.05, 4.69) is 4.98 Å². The number of para-hydroxylation sites is 1. The Hall–Kier alpha value is -2.61. The predicted molar refractivity (Wildman–Crippen MR) is 86.4 cm³/mol. The Morgan fingerprint density at radius 1 is 0.952 bits per heavy atom. The van der Waals surface area contributed by atoms with Crippen LogP contribution in [0.3, 0.4) is 0 Å². The topological polar surface area (TPSA) is 26.0 Å². The minimum atomic E-state index is -2.21. The molecule has 4 aromatic rings. The number of benzene rings is 2. The number of fused-ring (bicyclic) bond motifs is 3. The van der Waals surface area contributed by atoms with Crippen LogP contribution < -0.4 is 0 Å². The average molecular weight is 279 g/mol. The lowest BCUT2D eigenvalue weighted by atomic mass is 10.1. The fourth-order valence-corrected chi connectivity index (χ4v) is 2.55. The van der Waals surface area contributed by atoms with Gasteiger partial charge in [0.05, 0.1) is 5.69 Å². The maximum absolute atomic E-state index is 7.57. The molecule has 0 atom stereocenters. The van der Waals surface area contributed by atoms with Gasteiger partial charge in [-0.2, -0.15) is 0 Å². The molecule has 0 aliphatic heterocycles. The van der Waals surface area contributed by atoms with Crippen LogP contribution in [0.4, 0.5) is 0 Å². The molecule has 2 aromatic carbocycles. The first-order valence-corrected chi connectivity index (χ1v) is 6.57. The predicted octanol–water partition coefficient (Wildman–Crippen LogP) is 5.26. The quantitative estimate of drug-likeness (QED) is 0.474. The van der Waals surface area contributed by atoms with E-state index >= 15 is 0 Å². The maximum Gasteiger partial charge on any atom is 0.144 e. The molecule has 2 aromatic heterocycles. The highest BCUT2D eigenvalue weighted by Crippen LogP contribution is 2.35. The minimum absolute atomic E-state index is 0.172. The van der Waals surface area contributed by atoms with E-state index in [1.54, 1.807) is 18.2 Å². The van der Waals surface area contributed by atoms with Crippen LogP contribution >= 0.6 is 0 Å². The van der Waals surface area contributed by atoms with E-state index in [9.17, 15) is 0 Å². The molecule has 0 N–H and O–H groups in total. The fraction of sp³-hybridized carbons (Fsp3) is 0.105. The van der Waals surface area contributed by atoms with E-state index in [-0.39, 0.29) is 11.1 Å². The standard InChI is InChI=1S/C19H15NO/c1-12-6-8-14-15-4-3-5-16(19(15)21-18(14)10-12)17-9-7-13(2)11-20-17/h3-11H,1-2H3/i1D3,2D3. The van der Waals surface area contributed by atoms with Gasteiger partial charge in [0.2, 0.25) is 0 Å². The first-order valence-electron chi connectivity index (χ1n) is 9.57. The molecule has 0 saturated carbocycles. The lowest BCUT2D eigenvalue weighted by Crippen LogP contribution is -1.84. The van der Waals surface area contributed by atoms with Crippen molar-refractivity contribution >= 4 is 21.9 Å². The van der Waals surface area contributed by atoms with Crippen molar-refractivity contribution in [1.29, 1.82) is 0 Å². The molecule has 2 heterocycles. The molecule has 102 valence electrons. The van der Waals surface area contributed by atoms with Crippen molar-refractivity contribution in [3.63, 3.8) is 0 Å². The van der Waals surface area contributed by atoms with Gasteiger partial charge in [0.1, 0.15) is 11.2 Å². The largest absolute Gasteiger partial charge is 0.455 e. The van der Waals surface area contributed by atoms with Crippen LogP contribution in [0.5, 0.6) is 0 Å². The summed E-state index contributed by atoms with van der Waals surface area (Å²) < 4.78 is 51.0. The Balaban J connectivity index is 1.89. The van der Waals surface area contributed by atoms with Gasteiger partial charge in [-0.3, -0.25) is 4.98 Å².